The van der Waals surface area contributed by atoms with Gasteiger partial charge in [0.05, 0.1) is 0 Å². The zero-order chi connectivity index (χ0) is 19.3. The van der Waals surface area contributed by atoms with E-state index in [0.717, 1.165) is 12.8 Å². The maximum absolute atomic E-state index is 4.06. The molecular formula is C25H33I. The van der Waals surface area contributed by atoms with Gasteiger partial charge in [0.2, 0.25) is 0 Å². The average molecular weight is 460 g/mol. The lowest BCUT2D eigenvalue weighted by Crippen LogP contribution is -2.26. The molecule has 0 saturated carbocycles. The fraction of sp³-hybridized carbons (Fsp3) is 0.440. The lowest BCUT2D eigenvalue weighted by atomic mass is 9.90. The van der Waals surface area contributed by atoms with Crippen LogP contribution in [0.15, 0.2) is 60.7 Å². The highest BCUT2D eigenvalue weighted by Crippen LogP contribution is 2.32. The molecule has 0 aliphatic carbocycles. The molecule has 0 spiro atoms. The summed E-state index contributed by atoms with van der Waals surface area (Å²) in [5.41, 5.74) is 6.72. The summed E-state index contributed by atoms with van der Waals surface area (Å²) in [6.07, 6.45) is 3.41. The van der Waals surface area contributed by atoms with E-state index in [9.17, 15) is 0 Å². The van der Waals surface area contributed by atoms with Crippen LogP contribution in [0.5, 0.6) is 0 Å². The third kappa shape index (κ3) is 5.97. The SMILES string of the molecule is C=C(C)C(C)CCc1ccc(-c2ccc(CC(C)(I)C(C)C)cc2)cc1. The number of rotatable bonds is 8. The van der Waals surface area contributed by atoms with Gasteiger partial charge in [0.1, 0.15) is 0 Å². The number of hydrogen-bond acceptors (Lipinski definition) is 0. The summed E-state index contributed by atoms with van der Waals surface area (Å²) in [5.74, 6) is 1.26. The van der Waals surface area contributed by atoms with E-state index in [1.807, 2.05) is 0 Å². The van der Waals surface area contributed by atoms with Gasteiger partial charge >= 0.3 is 0 Å². The Morgan fingerprint density at radius 2 is 1.38 bits per heavy atom. The first-order valence-corrected chi connectivity index (χ1v) is 10.8. The van der Waals surface area contributed by atoms with Gasteiger partial charge < -0.3 is 0 Å². The van der Waals surface area contributed by atoms with Crippen LogP contribution in [0.25, 0.3) is 11.1 Å². The molecule has 1 heteroatoms. The van der Waals surface area contributed by atoms with Gasteiger partial charge in [-0.15, -0.1) is 0 Å². The third-order valence-corrected chi connectivity index (χ3v) is 7.33. The molecule has 0 aliphatic heterocycles. The van der Waals surface area contributed by atoms with Crippen molar-refractivity contribution in [2.45, 2.75) is 57.3 Å². The number of alkyl halides is 1. The lowest BCUT2D eigenvalue weighted by Gasteiger charge is -2.27. The molecule has 26 heavy (non-hydrogen) atoms. The fourth-order valence-corrected chi connectivity index (χ4v) is 3.35. The smallest absolute Gasteiger partial charge is 0.0257 e. The molecule has 0 nitrogen and oxygen atoms in total. The zero-order valence-electron chi connectivity index (χ0n) is 17.0. The minimum atomic E-state index is 0.307. The van der Waals surface area contributed by atoms with E-state index in [-0.39, 0.29) is 0 Å². The van der Waals surface area contributed by atoms with Gasteiger partial charge in [0.25, 0.3) is 0 Å². The summed E-state index contributed by atoms with van der Waals surface area (Å²) in [5, 5.41) is 0. The van der Waals surface area contributed by atoms with Gasteiger partial charge in [-0.2, -0.15) is 0 Å². The number of allylic oxidation sites excluding steroid dienone is 1. The molecule has 0 N–H and O–H groups in total. The number of benzene rings is 2. The normalized spacial score (nSPS) is 14.9. The van der Waals surface area contributed by atoms with Crippen molar-refractivity contribution in [3.63, 3.8) is 0 Å². The topological polar surface area (TPSA) is 0 Å². The second-order valence-corrected chi connectivity index (χ2v) is 10.8. The maximum Gasteiger partial charge on any atom is 0.0257 e. The molecule has 0 heterocycles. The van der Waals surface area contributed by atoms with E-state index >= 15 is 0 Å². The molecule has 2 unspecified atom stereocenters. The summed E-state index contributed by atoms with van der Waals surface area (Å²) in [6.45, 7) is 15.4. The van der Waals surface area contributed by atoms with E-state index in [1.54, 1.807) is 0 Å². The highest BCUT2D eigenvalue weighted by Gasteiger charge is 2.24. The van der Waals surface area contributed by atoms with Gasteiger partial charge in [-0.25, -0.2) is 0 Å². The first kappa shape index (κ1) is 21.2. The highest BCUT2D eigenvalue weighted by molar-refractivity contribution is 14.1. The molecule has 0 radical (unpaired) electrons. The zero-order valence-corrected chi connectivity index (χ0v) is 19.1. The largest absolute Gasteiger partial charge is 0.0999 e. The predicted molar refractivity (Wildman–Crippen MR) is 125 cm³/mol. The Balaban J connectivity index is 2.02. The van der Waals surface area contributed by atoms with Gasteiger partial charge in [0, 0.05) is 3.42 Å². The second-order valence-electron chi connectivity index (χ2n) is 8.29. The van der Waals surface area contributed by atoms with Crippen molar-refractivity contribution in [3.8, 4) is 11.1 Å². The van der Waals surface area contributed by atoms with Crippen LogP contribution in [-0.2, 0) is 12.8 Å². The Morgan fingerprint density at radius 1 is 0.923 bits per heavy atom. The third-order valence-electron chi connectivity index (χ3n) is 5.70. The van der Waals surface area contributed by atoms with Crippen LogP contribution >= 0.6 is 22.6 Å². The van der Waals surface area contributed by atoms with Crippen molar-refractivity contribution < 1.29 is 0 Å². The molecule has 0 bridgehead atoms. The van der Waals surface area contributed by atoms with E-state index in [1.165, 1.54) is 34.2 Å². The molecule has 0 aromatic heterocycles. The molecule has 2 aromatic rings. The van der Waals surface area contributed by atoms with Crippen LogP contribution in [0.1, 0.15) is 52.2 Å². The van der Waals surface area contributed by atoms with Crippen LogP contribution in [0.3, 0.4) is 0 Å². The molecule has 0 fully saturated rings. The molecule has 0 aliphatic rings. The summed E-state index contributed by atoms with van der Waals surface area (Å²) < 4.78 is 0.307. The van der Waals surface area contributed by atoms with E-state index in [0.29, 0.717) is 15.3 Å². The Labute approximate surface area is 174 Å². The van der Waals surface area contributed by atoms with Crippen LogP contribution < -0.4 is 0 Å². The maximum atomic E-state index is 4.06. The summed E-state index contributed by atoms with van der Waals surface area (Å²) in [6, 6.07) is 18.2. The Morgan fingerprint density at radius 3 is 1.81 bits per heavy atom. The average Bonchev–Trinajstić information content (AvgIpc) is 2.60. The molecule has 140 valence electrons. The van der Waals surface area contributed by atoms with Gasteiger partial charge in [-0.05, 0) is 67.2 Å². The molecule has 0 amide bonds. The molecule has 2 rings (SSSR count). The molecule has 2 aromatic carbocycles. The Kier molecular flexibility index (Phi) is 7.52. The summed E-state index contributed by atoms with van der Waals surface area (Å²) in [7, 11) is 0. The van der Waals surface area contributed by atoms with Crippen molar-refractivity contribution in [2.24, 2.45) is 11.8 Å². The first-order chi connectivity index (χ1) is 12.2. The Bertz CT molecular complexity index is 705. The standard InChI is InChI=1S/C25H33I/c1-18(2)20(5)7-8-21-9-13-23(14-10-21)24-15-11-22(12-16-24)17-25(6,26)19(3)4/h9-16,19-20H,1,7-8,17H2,2-6H3. The van der Waals surface area contributed by atoms with Crippen LogP contribution in [0.2, 0.25) is 0 Å². The molecule has 0 saturated heterocycles. The van der Waals surface area contributed by atoms with Crippen LogP contribution in [0.4, 0.5) is 0 Å². The predicted octanol–water partition coefficient (Wildman–Crippen LogP) is 7.89. The van der Waals surface area contributed by atoms with Gasteiger partial charge in [-0.3, -0.25) is 0 Å². The van der Waals surface area contributed by atoms with Crippen molar-refractivity contribution in [3.05, 3.63) is 71.8 Å². The Hall–Kier alpha value is -1.09. The number of hydrogen-bond donors (Lipinski definition) is 0. The lowest BCUT2D eigenvalue weighted by molar-refractivity contribution is 0.489. The fourth-order valence-electron chi connectivity index (χ4n) is 2.91. The minimum absolute atomic E-state index is 0.307. The minimum Gasteiger partial charge on any atom is -0.0999 e. The van der Waals surface area contributed by atoms with Crippen molar-refractivity contribution in [1.29, 1.82) is 0 Å². The number of halogens is 1. The van der Waals surface area contributed by atoms with E-state index in [4.69, 9.17) is 0 Å². The monoisotopic (exact) mass is 460 g/mol. The summed E-state index contributed by atoms with van der Waals surface area (Å²) in [4.78, 5) is 0. The number of aryl methyl sites for hydroxylation is 1. The highest BCUT2D eigenvalue weighted by atomic mass is 127. The molecular weight excluding hydrogens is 427 g/mol. The van der Waals surface area contributed by atoms with E-state index in [2.05, 4.69) is 112 Å². The van der Waals surface area contributed by atoms with Crippen molar-refractivity contribution in [2.75, 3.05) is 0 Å². The second kappa shape index (κ2) is 9.21. The first-order valence-electron chi connectivity index (χ1n) is 9.71. The molecule has 2 atom stereocenters. The van der Waals surface area contributed by atoms with Crippen molar-refractivity contribution in [1.82, 2.24) is 0 Å². The van der Waals surface area contributed by atoms with E-state index < -0.39 is 0 Å². The quantitative estimate of drug-likeness (QED) is 0.213. The van der Waals surface area contributed by atoms with Crippen LogP contribution in [0, 0.1) is 11.8 Å². The van der Waals surface area contributed by atoms with Gasteiger partial charge in [0.15, 0.2) is 0 Å². The van der Waals surface area contributed by atoms with Crippen LogP contribution in [-0.4, -0.2) is 3.42 Å². The van der Waals surface area contributed by atoms with Gasteiger partial charge in [-0.1, -0.05) is 104 Å². The summed E-state index contributed by atoms with van der Waals surface area (Å²) >= 11 is 2.60. The van der Waals surface area contributed by atoms with Crippen molar-refractivity contribution >= 4 is 22.6 Å².